The van der Waals surface area contributed by atoms with Crippen molar-refractivity contribution in [3.05, 3.63) is 0 Å². The van der Waals surface area contributed by atoms with Gasteiger partial charge in [-0.15, -0.1) is 0 Å². The number of alkyl halides is 1. The van der Waals surface area contributed by atoms with E-state index in [0.717, 1.165) is 11.2 Å². The SMILES string of the molecule is CCCCC(CC)CNC(CBr)C(C)C. The molecule has 0 aliphatic carbocycles. The Hall–Kier alpha value is 0.440. The molecular formula is C13H28BrN. The highest BCUT2D eigenvalue weighted by Crippen LogP contribution is 2.13. The van der Waals surface area contributed by atoms with Crippen molar-refractivity contribution in [2.24, 2.45) is 11.8 Å². The Kier molecular flexibility index (Phi) is 9.93. The van der Waals surface area contributed by atoms with Crippen LogP contribution in [0.4, 0.5) is 0 Å². The smallest absolute Gasteiger partial charge is 0.0188 e. The highest BCUT2D eigenvalue weighted by molar-refractivity contribution is 9.09. The van der Waals surface area contributed by atoms with Crippen LogP contribution in [-0.2, 0) is 0 Å². The van der Waals surface area contributed by atoms with Crippen molar-refractivity contribution in [2.75, 3.05) is 11.9 Å². The molecule has 15 heavy (non-hydrogen) atoms. The van der Waals surface area contributed by atoms with E-state index in [2.05, 4.69) is 48.9 Å². The summed E-state index contributed by atoms with van der Waals surface area (Å²) >= 11 is 3.58. The quantitative estimate of drug-likeness (QED) is 0.623. The van der Waals surface area contributed by atoms with E-state index in [1.807, 2.05) is 0 Å². The molecule has 0 aromatic heterocycles. The minimum atomic E-state index is 0.626. The first-order valence-electron chi connectivity index (χ1n) is 6.44. The zero-order chi connectivity index (χ0) is 11.7. The van der Waals surface area contributed by atoms with Gasteiger partial charge < -0.3 is 5.32 Å². The van der Waals surface area contributed by atoms with E-state index in [1.54, 1.807) is 0 Å². The highest BCUT2D eigenvalue weighted by atomic mass is 79.9. The van der Waals surface area contributed by atoms with Gasteiger partial charge in [0.15, 0.2) is 0 Å². The Labute approximate surface area is 105 Å². The molecule has 92 valence electrons. The Morgan fingerprint density at radius 2 is 1.87 bits per heavy atom. The zero-order valence-electron chi connectivity index (χ0n) is 10.9. The topological polar surface area (TPSA) is 12.0 Å². The third kappa shape index (κ3) is 7.35. The van der Waals surface area contributed by atoms with Gasteiger partial charge in [0.1, 0.15) is 0 Å². The summed E-state index contributed by atoms with van der Waals surface area (Å²) in [6.45, 7) is 10.3. The lowest BCUT2D eigenvalue weighted by atomic mass is 9.98. The van der Waals surface area contributed by atoms with Crippen LogP contribution in [0.3, 0.4) is 0 Å². The number of halogens is 1. The number of nitrogens with one attached hydrogen (secondary N) is 1. The summed E-state index contributed by atoms with van der Waals surface area (Å²) in [4.78, 5) is 0. The molecule has 0 aromatic rings. The molecule has 0 bridgehead atoms. The maximum absolute atomic E-state index is 3.68. The van der Waals surface area contributed by atoms with Gasteiger partial charge in [0.2, 0.25) is 0 Å². The molecule has 1 nitrogen and oxygen atoms in total. The monoisotopic (exact) mass is 277 g/mol. The molecule has 0 rings (SSSR count). The van der Waals surface area contributed by atoms with E-state index < -0.39 is 0 Å². The van der Waals surface area contributed by atoms with E-state index in [9.17, 15) is 0 Å². The fourth-order valence-electron chi connectivity index (χ4n) is 1.73. The van der Waals surface area contributed by atoms with Gasteiger partial charge in [0.05, 0.1) is 0 Å². The van der Waals surface area contributed by atoms with Gasteiger partial charge in [-0.3, -0.25) is 0 Å². The molecule has 2 unspecified atom stereocenters. The second-order valence-corrected chi connectivity index (χ2v) is 5.48. The van der Waals surface area contributed by atoms with Crippen molar-refractivity contribution < 1.29 is 0 Å². The Morgan fingerprint density at radius 1 is 1.20 bits per heavy atom. The van der Waals surface area contributed by atoms with Crippen molar-refractivity contribution >= 4 is 15.9 Å². The summed E-state index contributed by atoms with van der Waals surface area (Å²) in [6, 6.07) is 0.626. The Balaban J connectivity index is 3.76. The summed E-state index contributed by atoms with van der Waals surface area (Å²) in [5.74, 6) is 1.58. The fraction of sp³-hybridized carbons (Fsp3) is 1.00. The number of hydrogen-bond donors (Lipinski definition) is 1. The van der Waals surface area contributed by atoms with Crippen molar-refractivity contribution in [2.45, 2.75) is 59.4 Å². The lowest BCUT2D eigenvalue weighted by molar-refractivity contribution is 0.361. The van der Waals surface area contributed by atoms with Gasteiger partial charge >= 0.3 is 0 Å². The fourth-order valence-corrected chi connectivity index (χ4v) is 2.71. The highest BCUT2D eigenvalue weighted by Gasteiger charge is 2.13. The molecule has 0 radical (unpaired) electrons. The zero-order valence-corrected chi connectivity index (χ0v) is 12.4. The molecule has 0 aliphatic heterocycles. The standard InChI is InChI=1S/C13H28BrN/c1-5-7-8-12(6-2)10-15-13(9-14)11(3)4/h11-13,15H,5-10H2,1-4H3. The molecule has 0 saturated heterocycles. The third-order valence-corrected chi connectivity index (χ3v) is 3.88. The normalized spacial score (nSPS) is 15.6. The van der Waals surface area contributed by atoms with Crippen molar-refractivity contribution in [1.82, 2.24) is 5.32 Å². The molecule has 1 N–H and O–H groups in total. The van der Waals surface area contributed by atoms with Crippen LogP contribution < -0.4 is 5.32 Å². The molecule has 0 aliphatic rings. The molecule has 2 heteroatoms. The van der Waals surface area contributed by atoms with E-state index >= 15 is 0 Å². The van der Waals surface area contributed by atoms with Gasteiger partial charge in [-0.25, -0.2) is 0 Å². The van der Waals surface area contributed by atoms with E-state index in [0.29, 0.717) is 12.0 Å². The first-order valence-corrected chi connectivity index (χ1v) is 7.57. The second-order valence-electron chi connectivity index (χ2n) is 4.83. The van der Waals surface area contributed by atoms with Crippen molar-refractivity contribution in [3.8, 4) is 0 Å². The molecule has 0 saturated carbocycles. The van der Waals surface area contributed by atoms with Crippen LogP contribution in [0.1, 0.15) is 53.4 Å². The molecular weight excluding hydrogens is 250 g/mol. The molecule has 0 fully saturated rings. The van der Waals surface area contributed by atoms with Crippen LogP contribution in [0.2, 0.25) is 0 Å². The first-order chi connectivity index (χ1) is 7.15. The Bertz CT molecular complexity index is 136. The average molecular weight is 278 g/mol. The molecule has 0 heterocycles. The summed E-state index contributed by atoms with van der Waals surface area (Å²) < 4.78 is 0. The minimum Gasteiger partial charge on any atom is -0.313 e. The number of unbranched alkanes of at least 4 members (excludes halogenated alkanes) is 1. The number of rotatable bonds is 9. The lowest BCUT2D eigenvalue weighted by Crippen LogP contribution is -2.38. The van der Waals surface area contributed by atoms with Crippen LogP contribution in [0.5, 0.6) is 0 Å². The van der Waals surface area contributed by atoms with Crippen LogP contribution in [-0.4, -0.2) is 17.9 Å². The largest absolute Gasteiger partial charge is 0.313 e. The van der Waals surface area contributed by atoms with E-state index in [4.69, 9.17) is 0 Å². The molecule has 0 amide bonds. The average Bonchev–Trinajstić information content (AvgIpc) is 2.23. The maximum Gasteiger partial charge on any atom is 0.0188 e. The van der Waals surface area contributed by atoms with E-state index in [-0.39, 0.29) is 0 Å². The summed E-state index contributed by atoms with van der Waals surface area (Å²) in [5.41, 5.74) is 0. The second kappa shape index (κ2) is 9.65. The van der Waals surface area contributed by atoms with Gasteiger partial charge in [-0.05, 0) is 24.8 Å². The minimum absolute atomic E-state index is 0.626. The maximum atomic E-state index is 3.68. The first kappa shape index (κ1) is 15.4. The lowest BCUT2D eigenvalue weighted by Gasteiger charge is -2.23. The predicted octanol–water partition coefficient (Wildman–Crippen LogP) is 4.21. The van der Waals surface area contributed by atoms with Crippen LogP contribution >= 0.6 is 15.9 Å². The van der Waals surface area contributed by atoms with E-state index in [1.165, 1.54) is 32.2 Å². The molecule has 2 atom stereocenters. The third-order valence-electron chi connectivity index (χ3n) is 3.18. The van der Waals surface area contributed by atoms with Crippen molar-refractivity contribution in [1.29, 1.82) is 0 Å². The number of hydrogen-bond acceptors (Lipinski definition) is 1. The summed E-state index contributed by atoms with van der Waals surface area (Å²) in [7, 11) is 0. The summed E-state index contributed by atoms with van der Waals surface area (Å²) in [5, 5.41) is 4.75. The van der Waals surface area contributed by atoms with Gasteiger partial charge in [-0.2, -0.15) is 0 Å². The van der Waals surface area contributed by atoms with Crippen LogP contribution in [0, 0.1) is 11.8 Å². The molecule has 0 aromatic carbocycles. The van der Waals surface area contributed by atoms with Crippen molar-refractivity contribution in [3.63, 3.8) is 0 Å². The van der Waals surface area contributed by atoms with Gasteiger partial charge in [-0.1, -0.05) is 62.9 Å². The van der Waals surface area contributed by atoms with Crippen LogP contribution in [0.25, 0.3) is 0 Å². The summed E-state index contributed by atoms with van der Waals surface area (Å²) in [6.07, 6.45) is 5.39. The Morgan fingerprint density at radius 3 is 2.27 bits per heavy atom. The van der Waals surface area contributed by atoms with Gasteiger partial charge in [0, 0.05) is 11.4 Å². The van der Waals surface area contributed by atoms with Gasteiger partial charge in [0.25, 0.3) is 0 Å². The molecule has 0 spiro atoms. The predicted molar refractivity (Wildman–Crippen MR) is 73.7 cm³/mol. The van der Waals surface area contributed by atoms with Crippen LogP contribution in [0.15, 0.2) is 0 Å².